The fourth-order valence-corrected chi connectivity index (χ4v) is 8.91. The number of aryl methyl sites for hydroxylation is 1. The molecule has 3 heterocycles. The maximum Gasteiger partial charge on any atom is 0.262 e. The van der Waals surface area contributed by atoms with Crippen molar-refractivity contribution < 1.29 is 10.2 Å². The summed E-state index contributed by atoms with van der Waals surface area (Å²) in [5, 5.41) is 25.1. The van der Waals surface area contributed by atoms with Crippen molar-refractivity contribution in [2.24, 2.45) is 34.1 Å². The molecular weight excluding hydrogens is 635 g/mol. The number of likely N-dealkylation sites (tertiary alicyclic amines) is 1. The fraction of sp³-hybridized carbons (Fsp3) is 0.583. The van der Waals surface area contributed by atoms with Gasteiger partial charge in [0.05, 0.1) is 23.0 Å². The van der Waals surface area contributed by atoms with Gasteiger partial charge in [0, 0.05) is 55.1 Å². The van der Waals surface area contributed by atoms with Gasteiger partial charge in [0.1, 0.15) is 0 Å². The molecule has 2 bridgehead atoms. The van der Waals surface area contributed by atoms with Crippen LogP contribution in [-0.4, -0.2) is 75.6 Å². The third-order valence-corrected chi connectivity index (χ3v) is 12.3. The van der Waals surface area contributed by atoms with Crippen LogP contribution in [0.4, 0.5) is 11.6 Å². The molecule has 3 N–H and O–H groups in total. The molecule has 4 atom stereocenters. The van der Waals surface area contributed by atoms with E-state index in [9.17, 15) is 15.0 Å². The van der Waals surface area contributed by atoms with Crippen LogP contribution in [0.2, 0.25) is 10.0 Å². The maximum absolute atomic E-state index is 14.1. The van der Waals surface area contributed by atoms with E-state index >= 15 is 0 Å². The minimum Gasteiger partial charge on any atom is -0.396 e. The number of hydrogen-bond acceptors (Lipinski definition) is 6. The summed E-state index contributed by atoms with van der Waals surface area (Å²) in [6, 6.07) is 11.4. The largest absolute Gasteiger partial charge is 0.396 e. The summed E-state index contributed by atoms with van der Waals surface area (Å²) in [5.74, 6) is 3.56. The van der Waals surface area contributed by atoms with E-state index in [0.29, 0.717) is 76.1 Å². The summed E-state index contributed by atoms with van der Waals surface area (Å²) < 4.78 is 1.77. The Bertz CT molecular complexity index is 1730. The predicted molar refractivity (Wildman–Crippen MR) is 190 cm³/mol. The average molecular weight is 682 g/mol. The van der Waals surface area contributed by atoms with Gasteiger partial charge in [-0.2, -0.15) is 0 Å². The first kappa shape index (κ1) is 32.7. The third kappa shape index (κ3) is 6.25. The Kier molecular flexibility index (Phi) is 8.96. The molecule has 8 rings (SSSR count). The Balaban J connectivity index is 1.20. The van der Waals surface area contributed by atoms with E-state index in [4.69, 9.17) is 33.2 Å². The molecule has 4 unspecified atom stereocenters. The number of guanidine groups is 1. The van der Waals surface area contributed by atoms with E-state index < -0.39 is 0 Å². The minimum atomic E-state index is -0.352. The highest BCUT2D eigenvalue weighted by Gasteiger charge is 2.56. The molecule has 2 aromatic carbocycles. The molecule has 3 saturated carbocycles. The van der Waals surface area contributed by atoms with Gasteiger partial charge in [0.15, 0.2) is 5.96 Å². The van der Waals surface area contributed by atoms with Gasteiger partial charge in [0.2, 0.25) is 5.95 Å². The van der Waals surface area contributed by atoms with Crippen LogP contribution in [-0.2, 0) is 13.0 Å². The number of fused-ring (bicyclic) bond motifs is 3. The van der Waals surface area contributed by atoms with Crippen LogP contribution in [0.3, 0.4) is 0 Å². The zero-order valence-electron chi connectivity index (χ0n) is 27.5. The lowest BCUT2D eigenvalue weighted by molar-refractivity contribution is -0.108. The molecule has 0 spiro atoms. The number of hydrogen-bond donors (Lipinski definition) is 3. The number of β-amino-alcohol motifs (C(OH)–C–C–N with tert-alkyl or cyclic N) is 1. The van der Waals surface area contributed by atoms with E-state index in [1.54, 1.807) is 10.6 Å². The van der Waals surface area contributed by atoms with Crippen LogP contribution in [0, 0.1) is 29.1 Å². The van der Waals surface area contributed by atoms with Crippen molar-refractivity contribution in [1.82, 2.24) is 14.5 Å². The Hall–Kier alpha value is -2.85. The predicted octanol–water partition coefficient (Wildman–Crippen LogP) is 5.67. The number of rotatable bonds is 7. The Morgan fingerprint density at radius 1 is 1.11 bits per heavy atom. The van der Waals surface area contributed by atoms with Gasteiger partial charge in [-0.1, -0.05) is 50.0 Å². The molecule has 9 nitrogen and oxygen atoms in total. The Labute approximate surface area is 286 Å². The molecule has 3 aliphatic carbocycles. The third-order valence-electron chi connectivity index (χ3n) is 11.7. The quantitative estimate of drug-likeness (QED) is 0.218. The number of nitrogens with one attached hydrogen (secondary N) is 1. The summed E-state index contributed by atoms with van der Waals surface area (Å²) in [4.78, 5) is 28.8. The topological polar surface area (TPSA) is 106 Å². The first-order valence-electron chi connectivity index (χ1n) is 17.1. The standard InChI is InChI=1S/C36H46Cl2N6O3/c1-21-29-14-24(36(29,2)3)15-31(21)40-34(43-18-27(46)19-43)39-26-6-7-28-32(17-26)41-35(42-11-8-22(20-45)9-12-42)44(33(28)47)13-10-23-4-5-25(37)16-30(23)38/h4-7,16-17,21-22,24,27,29,31,45-46H,8-15,18-20H2,1-3H3,(H,39,40). The molecule has 47 heavy (non-hydrogen) atoms. The van der Waals surface area contributed by atoms with Crippen molar-refractivity contribution in [2.75, 3.05) is 43.0 Å². The molecule has 2 aliphatic heterocycles. The van der Waals surface area contributed by atoms with Crippen LogP contribution in [0.15, 0.2) is 46.2 Å². The molecule has 1 aromatic heterocycles. The summed E-state index contributed by atoms with van der Waals surface area (Å²) in [7, 11) is 0. The summed E-state index contributed by atoms with van der Waals surface area (Å²) in [5.41, 5.74) is 2.65. The number of aromatic nitrogens is 2. The monoisotopic (exact) mass is 680 g/mol. The number of aliphatic hydroxyl groups excluding tert-OH is 2. The lowest BCUT2D eigenvalue weighted by Crippen LogP contribution is -2.58. The number of anilines is 2. The van der Waals surface area contributed by atoms with Gasteiger partial charge in [-0.25, -0.2) is 9.98 Å². The first-order valence-corrected chi connectivity index (χ1v) is 17.9. The van der Waals surface area contributed by atoms with Crippen LogP contribution in [0.25, 0.3) is 10.9 Å². The van der Waals surface area contributed by atoms with Crippen LogP contribution >= 0.6 is 23.2 Å². The molecule has 2 saturated heterocycles. The highest BCUT2D eigenvalue weighted by atomic mass is 35.5. The second kappa shape index (κ2) is 12.9. The molecule has 3 aromatic rings. The van der Waals surface area contributed by atoms with Gasteiger partial charge >= 0.3 is 0 Å². The van der Waals surface area contributed by atoms with Crippen LogP contribution in [0.1, 0.15) is 52.0 Å². The number of aliphatic hydroxyl groups is 2. The minimum absolute atomic E-state index is 0.0939. The molecular formula is C36H46Cl2N6O3. The van der Waals surface area contributed by atoms with Crippen molar-refractivity contribution in [1.29, 1.82) is 0 Å². The van der Waals surface area contributed by atoms with E-state index in [1.807, 2.05) is 30.3 Å². The SMILES string of the molecule is CC1C(N=C(Nc2ccc3c(=O)n(CCc4ccc(Cl)cc4Cl)c(N4CCC(CO)CC4)nc3c2)N2CC(O)C2)CC2CC1C2(C)C. The summed E-state index contributed by atoms with van der Waals surface area (Å²) >= 11 is 12.6. The van der Waals surface area contributed by atoms with Crippen molar-refractivity contribution >= 4 is 51.7 Å². The van der Waals surface area contributed by atoms with E-state index in [1.165, 1.54) is 6.42 Å². The number of piperidine rings is 1. The lowest BCUT2D eigenvalue weighted by atomic mass is 9.45. The molecule has 5 aliphatic rings. The zero-order chi connectivity index (χ0) is 33.0. The molecule has 0 radical (unpaired) electrons. The highest BCUT2D eigenvalue weighted by molar-refractivity contribution is 6.35. The maximum atomic E-state index is 14.1. The average Bonchev–Trinajstić information content (AvgIpc) is 3.03. The summed E-state index contributed by atoms with van der Waals surface area (Å²) in [6.45, 7) is 10.3. The van der Waals surface area contributed by atoms with Crippen molar-refractivity contribution in [3.05, 3.63) is 62.4 Å². The first-order chi connectivity index (χ1) is 22.5. The van der Waals surface area contributed by atoms with Gasteiger partial charge in [-0.15, -0.1) is 0 Å². The number of benzene rings is 2. The van der Waals surface area contributed by atoms with E-state index in [0.717, 1.165) is 49.6 Å². The van der Waals surface area contributed by atoms with Crippen molar-refractivity contribution in [3.8, 4) is 0 Å². The van der Waals surface area contributed by atoms with Gasteiger partial charge in [-0.3, -0.25) is 9.36 Å². The normalized spacial score (nSPS) is 26.3. The Morgan fingerprint density at radius 2 is 1.87 bits per heavy atom. The highest BCUT2D eigenvalue weighted by Crippen LogP contribution is 2.61. The summed E-state index contributed by atoms with van der Waals surface area (Å²) in [6.07, 6.45) is 4.27. The van der Waals surface area contributed by atoms with Crippen LogP contribution in [0.5, 0.6) is 0 Å². The number of nitrogens with zero attached hydrogens (tertiary/aromatic N) is 5. The van der Waals surface area contributed by atoms with Gasteiger partial charge in [0.25, 0.3) is 5.56 Å². The van der Waals surface area contributed by atoms with Crippen LogP contribution < -0.4 is 15.8 Å². The number of halogens is 2. The fourth-order valence-electron chi connectivity index (χ4n) is 8.40. The second-order valence-corrected chi connectivity index (χ2v) is 15.7. The second-order valence-electron chi connectivity index (χ2n) is 14.9. The van der Waals surface area contributed by atoms with Crippen molar-refractivity contribution in [3.63, 3.8) is 0 Å². The molecule has 252 valence electrons. The van der Waals surface area contributed by atoms with Gasteiger partial charge < -0.3 is 25.3 Å². The van der Waals surface area contributed by atoms with Crippen molar-refractivity contribution in [2.45, 2.75) is 71.6 Å². The smallest absolute Gasteiger partial charge is 0.262 e. The molecule has 11 heteroatoms. The lowest BCUT2D eigenvalue weighted by Gasteiger charge is -2.61. The number of aliphatic imine (C=N–C) groups is 1. The van der Waals surface area contributed by atoms with E-state index in [-0.39, 0.29) is 30.2 Å². The molecule has 5 fully saturated rings. The van der Waals surface area contributed by atoms with E-state index in [2.05, 4.69) is 35.9 Å². The zero-order valence-corrected chi connectivity index (χ0v) is 29.0. The Morgan fingerprint density at radius 3 is 2.53 bits per heavy atom. The van der Waals surface area contributed by atoms with Gasteiger partial charge in [-0.05, 0) is 97.1 Å². The molecule has 0 amide bonds.